The number of guanidine groups is 1. The number of likely N-dealkylation sites (tertiary alicyclic amines) is 1. The van der Waals surface area contributed by atoms with Crippen LogP contribution in [-0.2, 0) is 10.0 Å². The van der Waals surface area contributed by atoms with E-state index in [1.807, 2.05) is 6.92 Å². The van der Waals surface area contributed by atoms with Gasteiger partial charge in [-0.1, -0.05) is 6.42 Å². The zero-order valence-corrected chi connectivity index (χ0v) is 18.2. The highest BCUT2D eigenvalue weighted by Crippen LogP contribution is 2.28. The monoisotopic (exact) mass is 441 g/mol. The summed E-state index contributed by atoms with van der Waals surface area (Å²) in [6.45, 7) is 7.42. The summed E-state index contributed by atoms with van der Waals surface area (Å²) in [5.41, 5.74) is -5.24. The predicted octanol–water partition coefficient (Wildman–Crippen LogP) is 2.12. The third kappa shape index (κ3) is 6.99. The first-order valence-electron chi connectivity index (χ1n) is 10.5. The van der Waals surface area contributed by atoms with E-state index in [4.69, 9.17) is 0 Å². The van der Waals surface area contributed by atoms with E-state index in [1.165, 1.54) is 19.3 Å². The van der Waals surface area contributed by atoms with Crippen LogP contribution < -0.4 is 10.6 Å². The number of sulfonamides is 1. The van der Waals surface area contributed by atoms with E-state index in [2.05, 4.69) is 27.4 Å². The van der Waals surface area contributed by atoms with Crippen molar-refractivity contribution in [1.82, 2.24) is 19.8 Å². The van der Waals surface area contributed by atoms with E-state index in [-0.39, 0.29) is 19.1 Å². The van der Waals surface area contributed by atoms with Gasteiger partial charge in [0.1, 0.15) is 0 Å². The highest BCUT2D eigenvalue weighted by Gasteiger charge is 2.50. The Hall–Kier alpha value is -1.07. The first-order valence-corrected chi connectivity index (χ1v) is 11.9. The van der Waals surface area contributed by atoms with Gasteiger partial charge in [-0.15, -0.1) is 0 Å². The van der Waals surface area contributed by atoms with Crippen molar-refractivity contribution in [2.24, 2.45) is 4.99 Å². The van der Waals surface area contributed by atoms with Crippen LogP contribution in [-0.4, -0.2) is 80.4 Å². The minimum Gasteiger partial charge on any atom is -0.357 e. The highest BCUT2D eigenvalue weighted by atomic mass is 32.2. The summed E-state index contributed by atoms with van der Waals surface area (Å²) >= 11 is 0. The normalized spacial score (nSPS) is 23.9. The molecule has 0 spiro atoms. The van der Waals surface area contributed by atoms with Crippen LogP contribution in [0.2, 0.25) is 0 Å². The molecule has 29 heavy (non-hydrogen) atoms. The Kier molecular flexibility index (Phi) is 9.02. The molecule has 0 radical (unpaired) electrons. The molecule has 0 aromatic heterocycles. The van der Waals surface area contributed by atoms with Gasteiger partial charge in [0, 0.05) is 44.8 Å². The maximum atomic E-state index is 12.7. The smallest absolute Gasteiger partial charge is 0.357 e. The van der Waals surface area contributed by atoms with Crippen LogP contribution in [0.1, 0.15) is 52.4 Å². The molecular weight excluding hydrogens is 407 g/mol. The summed E-state index contributed by atoms with van der Waals surface area (Å²) < 4.78 is 61.6. The average Bonchev–Trinajstić information content (AvgIpc) is 2.66. The SMILES string of the molecule is CCNC(=NCCCN1CCCCC1C)NC1CCN(S(=O)(=O)C(F)(F)F)CC1. The van der Waals surface area contributed by atoms with Gasteiger partial charge in [0.15, 0.2) is 5.96 Å². The fraction of sp³-hybridized carbons (Fsp3) is 0.944. The molecule has 2 N–H and O–H groups in total. The molecule has 1 atom stereocenters. The third-order valence-electron chi connectivity index (χ3n) is 5.59. The number of piperidine rings is 2. The Morgan fingerprint density at radius 3 is 2.41 bits per heavy atom. The van der Waals surface area contributed by atoms with Crippen molar-refractivity contribution in [2.45, 2.75) is 70.0 Å². The highest BCUT2D eigenvalue weighted by molar-refractivity contribution is 7.90. The summed E-state index contributed by atoms with van der Waals surface area (Å²) in [6.07, 6.45) is 5.36. The Bertz CT molecular complexity index is 634. The first kappa shape index (κ1) is 24.2. The van der Waals surface area contributed by atoms with E-state index in [0.29, 0.717) is 42.2 Å². The van der Waals surface area contributed by atoms with Crippen LogP contribution in [0.15, 0.2) is 4.99 Å². The molecule has 2 fully saturated rings. The van der Waals surface area contributed by atoms with Gasteiger partial charge in [0.2, 0.25) is 0 Å². The van der Waals surface area contributed by atoms with Crippen LogP contribution in [0.5, 0.6) is 0 Å². The molecule has 2 rings (SSSR count). The molecular formula is C18H34F3N5O2S. The van der Waals surface area contributed by atoms with Gasteiger partial charge in [-0.3, -0.25) is 4.99 Å². The van der Waals surface area contributed by atoms with Gasteiger partial charge >= 0.3 is 15.5 Å². The number of nitrogens with zero attached hydrogens (tertiary/aromatic N) is 3. The number of hydrogen-bond donors (Lipinski definition) is 2. The Morgan fingerprint density at radius 1 is 1.14 bits per heavy atom. The molecule has 2 aliphatic rings. The fourth-order valence-corrected chi connectivity index (χ4v) is 4.84. The van der Waals surface area contributed by atoms with Gasteiger partial charge in [0.05, 0.1) is 0 Å². The van der Waals surface area contributed by atoms with E-state index in [1.54, 1.807) is 0 Å². The van der Waals surface area contributed by atoms with Gasteiger partial charge in [-0.25, -0.2) is 8.42 Å². The van der Waals surface area contributed by atoms with Crippen molar-refractivity contribution < 1.29 is 21.6 Å². The van der Waals surface area contributed by atoms with E-state index < -0.39 is 15.5 Å². The molecule has 0 aromatic carbocycles. The lowest BCUT2D eigenvalue weighted by molar-refractivity contribution is -0.0494. The molecule has 0 aliphatic carbocycles. The van der Waals surface area contributed by atoms with E-state index in [0.717, 1.165) is 19.5 Å². The van der Waals surface area contributed by atoms with Gasteiger partial charge in [-0.05, 0) is 52.5 Å². The molecule has 11 heteroatoms. The van der Waals surface area contributed by atoms with Crippen LogP contribution in [0.25, 0.3) is 0 Å². The maximum absolute atomic E-state index is 12.7. The zero-order valence-electron chi connectivity index (χ0n) is 17.3. The lowest BCUT2D eigenvalue weighted by Crippen LogP contribution is -2.51. The summed E-state index contributed by atoms with van der Waals surface area (Å²) in [7, 11) is -5.24. The van der Waals surface area contributed by atoms with Crippen molar-refractivity contribution in [2.75, 3.05) is 39.3 Å². The number of alkyl halides is 3. The first-order chi connectivity index (χ1) is 13.6. The van der Waals surface area contributed by atoms with Crippen molar-refractivity contribution >= 4 is 16.0 Å². The standard InChI is InChI=1S/C18H34F3N5O2S/c1-3-22-17(23-10-6-12-25-11-5-4-7-15(25)2)24-16-8-13-26(14-9-16)29(27,28)18(19,20)21/h15-16H,3-14H2,1-2H3,(H2,22,23,24). The Labute approximate surface area is 172 Å². The van der Waals surface area contributed by atoms with Crippen LogP contribution in [0.4, 0.5) is 13.2 Å². The van der Waals surface area contributed by atoms with Crippen molar-refractivity contribution in [1.29, 1.82) is 0 Å². The Balaban J connectivity index is 1.79. The number of aliphatic imine (C=N–C) groups is 1. The Morgan fingerprint density at radius 2 is 1.83 bits per heavy atom. The largest absolute Gasteiger partial charge is 0.511 e. The number of halogens is 3. The number of rotatable bonds is 7. The molecule has 0 aromatic rings. The maximum Gasteiger partial charge on any atom is 0.511 e. The summed E-state index contributed by atoms with van der Waals surface area (Å²) in [4.78, 5) is 7.08. The summed E-state index contributed by atoms with van der Waals surface area (Å²) in [5, 5.41) is 6.39. The van der Waals surface area contributed by atoms with Crippen LogP contribution >= 0.6 is 0 Å². The van der Waals surface area contributed by atoms with Gasteiger partial charge < -0.3 is 15.5 Å². The van der Waals surface area contributed by atoms with E-state index >= 15 is 0 Å². The van der Waals surface area contributed by atoms with Gasteiger partial charge in [-0.2, -0.15) is 17.5 Å². The quantitative estimate of drug-likeness (QED) is 0.360. The minimum atomic E-state index is -5.24. The molecule has 0 bridgehead atoms. The molecule has 170 valence electrons. The van der Waals surface area contributed by atoms with Crippen LogP contribution in [0, 0.1) is 0 Å². The second-order valence-corrected chi connectivity index (χ2v) is 9.69. The summed E-state index contributed by atoms with van der Waals surface area (Å²) in [6, 6.07) is 0.520. The topological polar surface area (TPSA) is 77.0 Å². The molecule has 2 aliphatic heterocycles. The molecule has 7 nitrogen and oxygen atoms in total. The van der Waals surface area contributed by atoms with Crippen molar-refractivity contribution in [3.05, 3.63) is 0 Å². The summed E-state index contributed by atoms with van der Waals surface area (Å²) in [5.74, 6) is 0.635. The number of nitrogens with one attached hydrogen (secondary N) is 2. The second kappa shape index (κ2) is 10.8. The molecule has 0 saturated carbocycles. The number of hydrogen-bond acceptors (Lipinski definition) is 4. The molecule has 0 amide bonds. The molecule has 2 heterocycles. The lowest BCUT2D eigenvalue weighted by atomic mass is 10.0. The lowest BCUT2D eigenvalue weighted by Gasteiger charge is -2.33. The fourth-order valence-electron chi connectivity index (χ4n) is 3.85. The van der Waals surface area contributed by atoms with E-state index in [9.17, 15) is 21.6 Å². The van der Waals surface area contributed by atoms with Crippen molar-refractivity contribution in [3.63, 3.8) is 0 Å². The third-order valence-corrected chi connectivity index (χ3v) is 7.22. The zero-order chi connectivity index (χ0) is 21.5. The molecule has 2 saturated heterocycles. The van der Waals surface area contributed by atoms with Crippen molar-refractivity contribution in [3.8, 4) is 0 Å². The second-order valence-electron chi connectivity index (χ2n) is 7.76. The average molecular weight is 442 g/mol. The van der Waals surface area contributed by atoms with Gasteiger partial charge in [0.25, 0.3) is 0 Å². The minimum absolute atomic E-state index is 0.102. The van der Waals surface area contributed by atoms with Crippen LogP contribution in [0.3, 0.4) is 0 Å². The predicted molar refractivity (Wildman–Crippen MR) is 108 cm³/mol. The molecule has 1 unspecified atom stereocenters.